The molecule has 9 heavy (non-hydrogen) atoms. The van der Waals surface area contributed by atoms with E-state index in [1.807, 2.05) is 13.3 Å². The molecular weight excluding hydrogens is 112 g/mol. The van der Waals surface area contributed by atoms with Gasteiger partial charge < -0.3 is 5.32 Å². The summed E-state index contributed by atoms with van der Waals surface area (Å²) in [6.45, 7) is 3.21. The summed E-state index contributed by atoms with van der Waals surface area (Å²) in [5.74, 6) is 0.757. The Hall–Kier alpha value is -0.370. The van der Waals surface area contributed by atoms with Gasteiger partial charge in [0.2, 0.25) is 0 Å². The molecule has 0 fully saturated rings. The Morgan fingerprint density at radius 2 is 2.44 bits per heavy atom. The van der Waals surface area contributed by atoms with E-state index >= 15 is 0 Å². The minimum Gasteiger partial charge on any atom is -0.315 e. The molecule has 52 valence electrons. The monoisotopic (exact) mass is 126 g/mol. The van der Waals surface area contributed by atoms with E-state index in [-0.39, 0.29) is 0 Å². The van der Waals surface area contributed by atoms with Crippen LogP contribution in [0.4, 0.5) is 0 Å². The van der Waals surface area contributed by atoms with Crippen LogP contribution in [0.2, 0.25) is 0 Å². The lowest BCUT2D eigenvalue weighted by Gasteiger charge is -2.23. The molecule has 0 aliphatic carbocycles. The molecule has 0 saturated carbocycles. The number of nitrogens with zero attached hydrogens (tertiary/aromatic N) is 1. The first-order valence-electron chi connectivity index (χ1n) is 3.50. The minimum absolute atomic E-state index is 0.606. The second-order valence-electron chi connectivity index (χ2n) is 2.66. The van der Waals surface area contributed by atoms with Crippen molar-refractivity contribution in [3.8, 4) is 0 Å². The number of aliphatic imine (C=N–C) groups is 1. The van der Waals surface area contributed by atoms with Gasteiger partial charge in [-0.3, -0.25) is 4.99 Å². The molecule has 2 heteroatoms. The predicted octanol–water partition coefficient (Wildman–Crippen LogP) is 0.685. The van der Waals surface area contributed by atoms with Crippen LogP contribution in [-0.2, 0) is 0 Å². The predicted molar refractivity (Wildman–Crippen MR) is 40.0 cm³/mol. The second-order valence-corrected chi connectivity index (χ2v) is 2.66. The van der Waals surface area contributed by atoms with Crippen LogP contribution in [0.3, 0.4) is 0 Å². The van der Waals surface area contributed by atoms with Crippen molar-refractivity contribution in [2.24, 2.45) is 10.9 Å². The van der Waals surface area contributed by atoms with E-state index in [1.54, 1.807) is 0 Å². The van der Waals surface area contributed by atoms with E-state index in [2.05, 4.69) is 17.2 Å². The molecule has 2 nitrogen and oxygen atoms in total. The zero-order chi connectivity index (χ0) is 6.69. The van der Waals surface area contributed by atoms with Crippen molar-refractivity contribution in [2.75, 3.05) is 13.6 Å². The number of nitrogens with one attached hydrogen (secondary N) is 1. The summed E-state index contributed by atoms with van der Waals surface area (Å²) >= 11 is 0. The normalized spacial score (nSPS) is 34.9. The second kappa shape index (κ2) is 2.97. The smallest absolute Gasteiger partial charge is 0.0541 e. The van der Waals surface area contributed by atoms with Crippen LogP contribution >= 0.6 is 0 Å². The molecule has 0 aromatic heterocycles. The number of hydrogen-bond donors (Lipinski definition) is 1. The maximum Gasteiger partial charge on any atom is 0.0541 e. The molecular formula is C7H14N2. The average molecular weight is 126 g/mol. The highest BCUT2D eigenvalue weighted by Gasteiger charge is 2.15. The van der Waals surface area contributed by atoms with Gasteiger partial charge in [-0.25, -0.2) is 0 Å². The Bertz CT molecular complexity index is 109. The fourth-order valence-electron chi connectivity index (χ4n) is 1.15. The quantitative estimate of drug-likeness (QED) is 0.549. The van der Waals surface area contributed by atoms with Gasteiger partial charge >= 0.3 is 0 Å². The van der Waals surface area contributed by atoms with Gasteiger partial charge in [0, 0.05) is 6.04 Å². The van der Waals surface area contributed by atoms with Crippen molar-refractivity contribution in [1.82, 2.24) is 5.32 Å². The van der Waals surface area contributed by atoms with Crippen LogP contribution in [0.25, 0.3) is 0 Å². The van der Waals surface area contributed by atoms with E-state index in [4.69, 9.17) is 0 Å². The summed E-state index contributed by atoms with van der Waals surface area (Å²) < 4.78 is 0. The summed E-state index contributed by atoms with van der Waals surface area (Å²) in [5, 5.41) is 3.24. The first-order chi connectivity index (χ1) is 4.34. The molecule has 0 aromatic rings. The third-order valence-corrected chi connectivity index (χ3v) is 1.97. The van der Waals surface area contributed by atoms with Crippen molar-refractivity contribution in [2.45, 2.75) is 19.4 Å². The lowest BCUT2D eigenvalue weighted by Crippen LogP contribution is -2.37. The van der Waals surface area contributed by atoms with Gasteiger partial charge in [-0.15, -0.1) is 0 Å². The highest BCUT2D eigenvalue weighted by molar-refractivity contribution is 5.58. The summed E-state index contributed by atoms with van der Waals surface area (Å²) in [7, 11) is 2.00. The Labute approximate surface area is 56.4 Å². The van der Waals surface area contributed by atoms with Gasteiger partial charge in [0.1, 0.15) is 0 Å². The van der Waals surface area contributed by atoms with E-state index in [1.165, 1.54) is 0 Å². The van der Waals surface area contributed by atoms with Gasteiger partial charge in [0.05, 0.1) is 6.54 Å². The lowest BCUT2D eigenvalue weighted by molar-refractivity contribution is 0.406. The molecule has 0 aromatic carbocycles. The van der Waals surface area contributed by atoms with Crippen molar-refractivity contribution >= 4 is 6.21 Å². The molecule has 1 heterocycles. The van der Waals surface area contributed by atoms with E-state index < -0.39 is 0 Å². The molecule has 0 amide bonds. The van der Waals surface area contributed by atoms with Crippen LogP contribution in [0.15, 0.2) is 4.99 Å². The van der Waals surface area contributed by atoms with E-state index in [0.717, 1.165) is 18.9 Å². The van der Waals surface area contributed by atoms with Crippen molar-refractivity contribution in [3.05, 3.63) is 0 Å². The maximum atomic E-state index is 4.19. The molecule has 1 unspecified atom stereocenters. The average Bonchev–Trinajstić information content (AvgIpc) is 1.89. The third-order valence-electron chi connectivity index (χ3n) is 1.97. The molecule has 0 radical (unpaired) electrons. The Morgan fingerprint density at radius 1 is 1.67 bits per heavy atom. The van der Waals surface area contributed by atoms with E-state index in [0.29, 0.717) is 6.04 Å². The Balaban J connectivity index is 2.43. The van der Waals surface area contributed by atoms with Gasteiger partial charge in [-0.2, -0.15) is 0 Å². The molecule has 0 saturated heterocycles. The molecule has 1 aliphatic heterocycles. The molecule has 2 atom stereocenters. The largest absolute Gasteiger partial charge is 0.315 e. The van der Waals surface area contributed by atoms with Crippen molar-refractivity contribution in [1.29, 1.82) is 0 Å². The molecule has 0 spiro atoms. The van der Waals surface area contributed by atoms with Gasteiger partial charge in [0.15, 0.2) is 0 Å². The zero-order valence-electron chi connectivity index (χ0n) is 6.09. The fourth-order valence-corrected chi connectivity index (χ4v) is 1.15. The fraction of sp³-hybridized carbons (Fsp3) is 0.857. The lowest BCUT2D eigenvalue weighted by atomic mass is 9.97. The molecule has 1 rings (SSSR count). The zero-order valence-corrected chi connectivity index (χ0v) is 6.09. The Kier molecular flexibility index (Phi) is 2.22. The van der Waals surface area contributed by atoms with Crippen LogP contribution in [0.1, 0.15) is 13.3 Å². The Morgan fingerprint density at radius 3 is 2.89 bits per heavy atom. The van der Waals surface area contributed by atoms with Crippen molar-refractivity contribution in [3.63, 3.8) is 0 Å². The summed E-state index contributed by atoms with van der Waals surface area (Å²) in [4.78, 5) is 4.19. The first kappa shape index (κ1) is 6.75. The maximum absolute atomic E-state index is 4.19. The number of likely N-dealkylation sites (N-methyl/N-ethyl adjacent to an activating group) is 1. The molecule has 0 bridgehead atoms. The van der Waals surface area contributed by atoms with Crippen LogP contribution in [0, 0.1) is 5.92 Å². The molecule has 1 aliphatic rings. The van der Waals surface area contributed by atoms with E-state index in [9.17, 15) is 0 Å². The summed E-state index contributed by atoms with van der Waals surface area (Å²) in [6.07, 6.45) is 3.16. The third kappa shape index (κ3) is 1.52. The molecule has 1 N–H and O–H groups in total. The SMILES string of the molecule is CN[C@@H]1CN=CCC1C. The minimum atomic E-state index is 0.606. The summed E-state index contributed by atoms with van der Waals surface area (Å²) in [5.41, 5.74) is 0. The first-order valence-corrected chi connectivity index (χ1v) is 3.50. The van der Waals surface area contributed by atoms with Crippen LogP contribution in [-0.4, -0.2) is 25.8 Å². The van der Waals surface area contributed by atoms with Crippen LogP contribution in [0.5, 0.6) is 0 Å². The number of rotatable bonds is 1. The standard InChI is InChI=1S/C7H14N2/c1-6-3-4-9-5-7(6)8-2/h4,6-8H,3,5H2,1-2H3/t6?,7-/m1/s1. The topological polar surface area (TPSA) is 24.4 Å². The summed E-state index contributed by atoms with van der Waals surface area (Å²) in [6, 6.07) is 0.606. The van der Waals surface area contributed by atoms with Crippen molar-refractivity contribution < 1.29 is 0 Å². The number of hydrogen-bond acceptors (Lipinski definition) is 2. The van der Waals surface area contributed by atoms with Gasteiger partial charge in [-0.1, -0.05) is 6.92 Å². The highest BCUT2D eigenvalue weighted by atomic mass is 14.9. The van der Waals surface area contributed by atoms with Crippen LogP contribution < -0.4 is 5.32 Å². The van der Waals surface area contributed by atoms with Gasteiger partial charge in [0.25, 0.3) is 0 Å². The van der Waals surface area contributed by atoms with Gasteiger partial charge in [-0.05, 0) is 25.6 Å². The highest BCUT2D eigenvalue weighted by Crippen LogP contribution is 2.10.